The van der Waals surface area contributed by atoms with Crippen molar-refractivity contribution in [2.45, 2.75) is 33.2 Å². The van der Waals surface area contributed by atoms with Crippen LogP contribution in [-0.2, 0) is 24.2 Å². The molecule has 3 aromatic rings. The lowest BCUT2D eigenvalue weighted by Gasteiger charge is -2.28. The zero-order valence-electron chi connectivity index (χ0n) is 14.7. The molecule has 0 bridgehead atoms. The van der Waals surface area contributed by atoms with Gasteiger partial charge in [0.2, 0.25) is 11.0 Å². The number of carbonyl (C=O) groups excluding carboxylic acids is 1. The van der Waals surface area contributed by atoms with Crippen LogP contribution in [0.1, 0.15) is 28.2 Å². The van der Waals surface area contributed by atoms with Gasteiger partial charge in [-0.1, -0.05) is 35.9 Å². The van der Waals surface area contributed by atoms with E-state index in [1.165, 1.54) is 22.5 Å². The van der Waals surface area contributed by atoms with Crippen LogP contribution in [0.25, 0.3) is 5.13 Å². The highest BCUT2D eigenvalue weighted by Gasteiger charge is 2.22. The third-order valence-corrected chi connectivity index (χ3v) is 6.15. The van der Waals surface area contributed by atoms with Crippen molar-refractivity contribution in [2.24, 2.45) is 0 Å². The van der Waals surface area contributed by atoms with Crippen LogP contribution in [0, 0.1) is 13.8 Å². The fraction of sp³-hybridized carbons (Fsp3) is 0.316. The molecule has 0 N–H and O–H groups in total. The number of hydrogen-bond acceptors (Lipinski definition) is 4. The summed E-state index contributed by atoms with van der Waals surface area (Å²) in [5.74, 6) is 0.114. The summed E-state index contributed by atoms with van der Waals surface area (Å²) < 4.78 is 1.74. The predicted octanol–water partition coefficient (Wildman–Crippen LogP) is 3.73. The van der Waals surface area contributed by atoms with E-state index in [9.17, 15) is 4.79 Å². The van der Waals surface area contributed by atoms with Crippen LogP contribution >= 0.6 is 22.9 Å². The largest absolute Gasteiger partial charge is 0.338 e. The van der Waals surface area contributed by atoms with Crippen molar-refractivity contribution >= 4 is 28.8 Å². The van der Waals surface area contributed by atoms with Gasteiger partial charge >= 0.3 is 0 Å². The fourth-order valence-corrected chi connectivity index (χ4v) is 4.20. The summed E-state index contributed by atoms with van der Waals surface area (Å²) in [6.45, 7) is 5.23. The molecule has 4 rings (SSSR count). The molecule has 134 valence electrons. The molecule has 1 aliphatic heterocycles. The molecule has 0 saturated carbocycles. The molecule has 5 nitrogen and oxygen atoms in total. The van der Waals surface area contributed by atoms with Crippen molar-refractivity contribution < 1.29 is 4.79 Å². The Kier molecular flexibility index (Phi) is 4.54. The molecule has 0 unspecified atom stereocenters. The van der Waals surface area contributed by atoms with E-state index in [1.54, 1.807) is 4.68 Å². The van der Waals surface area contributed by atoms with Crippen LogP contribution in [0.3, 0.4) is 0 Å². The van der Waals surface area contributed by atoms with E-state index >= 15 is 0 Å². The molecule has 0 spiro atoms. The maximum Gasteiger partial charge on any atom is 0.228 e. The number of benzene rings is 1. The van der Waals surface area contributed by atoms with Gasteiger partial charge in [-0.05, 0) is 31.4 Å². The van der Waals surface area contributed by atoms with Crippen LogP contribution in [-0.4, -0.2) is 32.1 Å². The topological polar surface area (TPSA) is 51.0 Å². The van der Waals surface area contributed by atoms with Gasteiger partial charge < -0.3 is 4.90 Å². The van der Waals surface area contributed by atoms with Crippen molar-refractivity contribution in [3.8, 4) is 5.13 Å². The quantitative estimate of drug-likeness (QED) is 0.689. The Labute approximate surface area is 161 Å². The summed E-state index contributed by atoms with van der Waals surface area (Å²) in [5.41, 5.74) is 5.00. The Morgan fingerprint density at radius 2 is 2.04 bits per heavy atom. The van der Waals surface area contributed by atoms with Gasteiger partial charge in [0.25, 0.3) is 0 Å². The van der Waals surface area contributed by atoms with Gasteiger partial charge in [-0.15, -0.1) is 11.3 Å². The number of aryl methyl sites for hydroxylation is 1. The minimum absolute atomic E-state index is 0.114. The molecule has 1 aromatic carbocycles. The molecule has 1 amide bonds. The van der Waals surface area contributed by atoms with E-state index in [4.69, 9.17) is 11.6 Å². The van der Waals surface area contributed by atoms with Crippen molar-refractivity contribution in [1.29, 1.82) is 0 Å². The molecule has 2 aromatic heterocycles. The second-order valence-corrected chi connectivity index (χ2v) is 7.74. The van der Waals surface area contributed by atoms with Crippen molar-refractivity contribution in [2.75, 3.05) is 6.54 Å². The lowest BCUT2D eigenvalue weighted by atomic mass is 10.00. The number of aromatic nitrogens is 3. The molecule has 7 heteroatoms. The second kappa shape index (κ2) is 6.85. The minimum Gasteiger partial charge on any atom is -0.338 e. The maximum atomic E-state index is 12.7. The van der Waals surface area contributed by atoms with Gasteiger partial charge in [-0.2, -0.15) is 5.10 Å². The number of rotatable bonds is 3. The van der Waals surface area contributed by atoms with Crippen LogP contribution in [0.2, 0.25) is 5.02 Å². The van der Waals surface area contributed by atoms with E-state index in [1.807, 2.05) is 30.2 Å². The predicted molar refractivity (Wildman–Crippen MR) is 103 cm³/mol. The van der Waals surface area contributed by atoms with Crippen LogP contribution in [0.4, 0.5) is 0 Å². The third kappa shape index (κ3) is 3.15. The lowest BCUT2D eigenvalue weighted by Crippen LogP contribution is -2.36. The average molecular weight is 387 g/mol. The van der Waals surface area contributed by atoms with Crippen molar-refractivity contribution in [3.63, 3.8) is 0 Å². The number of nitrogens with zero attached hydrogens (tertiary/aromatic N) is 4. The summed E-state index contributed by atoms with van der Waals surface area (Å²) in [5, 5.41) is 7.75. The molecule has 0 aliphatic carbocycles. The Balaban J connectivity index is 1.48. The van der Waals surface area contributed by atoms with Crippen molar-refractivity contribution in [1.82, 2.24) is 19.7 Å². The lowest BCUT2D eigenvalue weighted by molar-refractivity contribution is -0.131. The summed E-state index contributed by atoms with van der Waals surface area (Å²) in [7, 11) is 0. The number of carbonyl (C=O) groups is 1. The molecule has 0 saturated heterocycles. The third-order valence-electron chi connectivity index (χ3n) is 4.74. The van der Waals surface area contributed by atoms with Gasteiger partial charge in [0.05, 0.1) is 28.5 Å². The van der Waals surface area contributed by atoms with E-state index in [0.717, 1.165) is 35.2 Å². The zero-order chi connectivity index (χ0) is 18.3. The molecule has 26 heavy (non-hydrogen) atoms. The highest BCUT2D eigenvalue weighted by Crippen LogP contribution is 2.25. The number of fused-ring (bicyclic) bond motifs is 1. The van der Waals surface area contributed by atoms with E-state index in [-0.39, 0.29) is 5.91 Å². The molecule has 3 heterocycles. The van der Waals surface area contributed by atoms with E-state index in [0.29, 0.717) is 18.0 Å². The number of thiazole rings is 1. The van der Waals surface area contributed by atoms with Gasteiger partial charge in [0.15, 0.2) is 0 Å². The highest BCUT2D eigenvalue weighted by atomic mass is 35.5. The minimum atomic E-state index is 0.114. The van der Waals surface area contributed by atoms with E-state index in [2.05, 4.69) is 28.3 Å². The maximum absolute atomic E-state index is 12.7. The average Bonchev–Trinajstić information content (AvgIpc) is 3.21. The molecule has 0 radical (unpaired) electrons. The van der Waals surface area contributed by atoms with Gasteiger partial charge in [-0.25, -0.2) is 9.67 Å². The number of hydrogen-bond donors (Lipinski definition) is 0. The Morgan fingerprint density at radius 1 is 1.27 bits per heavy atom. The molecule has 1 aliphatic rings. The Bertz CT molecular complexity index is 978. The second-order valence-electron chi connectivity index (χ2n) is 6.53. The van der Waals surface area contributed by atoms with Crippen LogP contribution in [0.15, 0.2) is 29.6 Å². The Morgan fingerprint density at radius 3 is 2.77 bits per heavy atom. The Hall–Kier alpha value is -2.18. The number of halogens is 1. The smallest absolute Gasteiger partial charge is 0.228 e. The summed E-state index contributed by atoms with van der Waals surface area (Å²) in [6.07, 6.45) is 1.22. The first-order chi connectivity index (χ1) is 12.5. The summed E-state index contributed by atoms with van der Waals surface area (Å²) >= 11 is 7.69. The van der Waals surface area contributed by atoms with Gasteiger partial charge in [0.1, 0.15) is 0 Å². The highest BCUT2D eigenvalue weighted by molar-refractivity contribution is 7.12. The monoisotopic (exact) mass is 386 g/mol. The van der Waals surface area contributed by atoms with Crippen molar-refractivity contribution in [3.05, 3.63) is 62.9 Å². The van der Waals surface area contributed by atoms with Gasteiger partial charge in [0, 0.05) is 18.5 Å². The molecule has 0 atom stereocenters. The first-order valence-electron chi connectivity index (χ1n) is 8.54. The fourth-order valence-electron chi connectivity index (χ4n) is 3.26. The van der Waals surface area contributed by atoms with Crippen LogP contribution < -0.4 is 0 Å². The van der Waals surface area contributed by atoms with Gasteiger partial charge in [-0.3, -0.25) is 4.79 Å². The molecular formula is C19H19ClN4OS. The number of amides is 1. The standard InChI is InChI=1S/C19H19ClN4OS/c1-12-18(20)13(2)24(22-12)19-21-16(11-26-19)9-17(25)23-8-7-14-5-3-4-6-15(14)10-23/h3-6,11H,7-10H2,1-2H3. The molecule has 0 fully saturated rings. The normalized spacial score (nSPS) is 13.7. The first-order valence-corrected chi connectivity index (χ1v) is 9.79. The summed E-state index contributed by atoms with van der Waals surface area (Å²) in [6, 6.07) is 8.32. The van der Waals surface area contributed by atoms with Crippen LogP contribution in [0.5, 0.6) is 0 Å². The SMILES string of the molecule is Cc1nn(-c2nc(CC(=O)N3CCc4ccccc4C3)cs2)c(C)c1Cl. The van der Waals surface area contributed by atoms with E-state index < -0.39 is 0 Å². The zero-order valence-corrected chi connectivity index (χ0v) is 16.3. The first kappa shape index (κ1) is 17.2. The summed E-state index contributed by atoms with van der Waals surface area (Å²) in [4.78, 5) is 19.2. The molecular weight excluding hydrogens is 368 g/mol.